The third-order valence-corrected chi connectivity index (χ3v) is 2.53. The van der Waals surface area contributed by atoms with Crippen LogP contribution in [0.1, 0.15) is 15.9 Å². The van der Waals surface area contributed by atoms with Crippen LogP contribution in [0.25, 0.3) is 0 Å². The normalized spacial score (nSPS) is 10.1. The fraction of sp³-hybridized carbons (Fsp3) is 0.0714. The fourth-order valence-corrected chi connectivity index (χ4v) is 1.57. The zero-order valence-corrected chi connectivity index (χ0v) is 9.77. The average molecular weight is 245 g/mol. The number of rotatable bonds is 2. The van der Waals surface area contributed by atoms with E-state index in [4.69, 9.17) is 0 Å². The van der Waals surface area contributed by atoms with E-state index in [-0.39, 0.29) is 11.3 Å². The molecule has 2 N–H and O–H groups in total. The number of nitrogens with one attached hydrogen (secondary N) is 1. The smallest absolute Gasteiger partial charge is 0.262 e. The molecule has 0 aliphatic heterocycles. The van der Waals surface area contributed by atoms with Crippen molar-refractivity contribution >= 4 is 11.6 Å². The van der Waals surface area contributed by atoms with Crippen molar-refractivity contribution in [3.05, 3.63) is 59.4 Å². The van der Waals surface area contributed by atoms with Gasteiger partial charge in [-0.05, 0) is 31.2 Å². The maximum absolute atomic E-state index is 13.4. The number of aromatic hydroxyl groups is 1. The number of benzene rings is 2. The van der Waals surface area contributed by atoms with Crippen molar-refractivity contribution in [2.24, 2.45) is 0 Å². The van der Waals surface area contributed by atoms with Crippen LogP contribution in [-0.4, -0.2) is 11.0 Å². The lowest BCUT2D eigenvalue weighted by molar-refractivity contribution is 0.102. The van der Waals surface area contributed by atoms with Gasteiger partial charge in [0.15, 0.2) is 0 Å². The molecule has 0 aliphatic rings. The average Bonchev–Trinajstić information content (AvgIpc) is 2.32. The lowest BCUT2D eigenvalue weighted by Gasteiger charge is -2.07. The Morgan fingerprint density at radius 3 is 2.44 bits per heavy atom. The van der Waals surface area contributed by atoms with E-state index in [0.29, 0.717) is 5.69 Å². The first-order valence-corrected chi connectivity index (χ1v) is 5.43. The van der Waals surface area contributed by atoms with E-state index < -0.39 is 11.7 Å². The molecule has 0 saturated carbocycles. The van der Waals surface area contributed by atoms with Crippen molar-refractivity contribution in [2.45, 2.75) is 6.92 Å². The second-order valence-corrected chi connectivity index (χ2v) is 3.95. The third-order valence-electron chi connectivity index (χ3n) is 2.53. The van der Waals surface area contributed by atoms with Crippen LogP contribution in [0.4, 0.5) is 10.1 Å². The molecule has 0 spiro atoms. The molecule has 0 heterocycles. The maximum atomic E-state index is 13.4. The predicted octanol–water partition coefficient (Wildman–Crippen LogP) is 3.09. The minimum absolute atomic E-state index is 0.349. The molecule has 0 radical (unpaired) electrons. The monoisotopic (exact) mass is 245 g/mol. The van der Waals surface area contributed by atoms with Gasteiger partial charge in [0.1, 0.15) is 17.1 Å². The highest BCUT2D eigenvalue weighted by molar-refractivity contribution is 6.06. The van der Waals surface area contributed by atoms with Crippen molar-refractivity contribution in [3.8, 4) is 5.75 Å². The molecule has 0 aromatic heterocycles. The molecule has 92 valence electrons. The van der Waals surface area contributed by atoms with Gasteiger partial charge in [0, 0.05) is 5.69 Å². The Balaban J connectivity index is 2.25. The molecule has 1 amide bonds. The van der Waals surface area contributed by atoms with Crippen molar-refractivity contribution < 1.29 is 14.3 Å². The summed E-state index contributed by atoms with van der Waals surface area (Å²) in [6, 6.07) is 10.8. The molecule has 18 heavy (non-hydrogen) atoms. The van der Waals surface area contributed by atoms with Crippen LogP contribution < -0.4 is 5.32 Å². The van der Waals surface area contributed by atoms with Crippen LogP contribution in [0.3, 0.4) is 0 Å². The van der Waals surface area contributed by atoms with Crippen molar-refractivity contribution in [1.29, 1.82) is 0 Å². The zero-order chi connectivity index (χ0) is 13.1. The van der Waals surface area contributed by atoms with Crippen LogP contribution in [0, 0.1) is 12.7 Å². The van der Waals surface area contributed by atoms with Gasteiger partial charge in [-0.2, -0.15) is 0 Å². The van der Waals surface area contributed by atoms with Gasteiger partial charge in [0.25, 0.3) is 5.91 Å². The van der Waals surface area contributed by atoms with E-state index in [9.17, 15) is 14.3 Å². The number of carbonyl (C=O) groups excluding carboxylic acids is 1. The highest BCUT2D eigenvalue weighted by Gasteiger charge is 2.16. The highest BCUT2D eigenvalue weighted by Crippen LogP contribution is 2.21. The summed E-state index contributed by atoms with van der Waals surface area (Å²) in [6.07, 6.45) is 0. The first-order valence-electron chi connectivity index (χ1n) is 5.43. The van der Waals surface area contributed by atoms with Crippen LogP contribution in [0.5, 0.6) is 5.75 Å². The summed E-state index contributed by atoms with van der Waals surface area (Å²) in [5, 5.41) is 12.0. The second kappa shape index (κ2) is 4.87. The molecular weight excluding hydrogens is 233 g/mol. The van der Waals surface area contributed by atoms with E-state index >= 15 is 0 Å². The summed E-state index contributed by atoms with van der Waals surface area (Å²) in [5.41, 5.74) is 1.26. The van der Waals surface area contributed by atoms with Crippen LogP contribution in [0.2, 0.25) is 0 Å². The summed E-state index contributed by atoms with van der Waals surface area (Å²) in [5.74, 6) is -1.80. The lowest BCUT2D eigenvalue weighted by atomic mass is 10.1. The van der Waals surface area contributed by atoms with Gasteiger partial charge in [-0.15, -0.1) is 0 Å². The molecule has 0 fully saturated rings. The number of phenolic OH excluding ortho intramolecular Hbond substituents is 1. The Hall–Kier alpha value is -2.36. The largest absolute Gasteiger partial charge is 0.507 e. The Bertz CT molecular complexity index is 559. The van der Waals surface area contributed by atoms with Gasteiger partial charge in [-0.3, -0.25) is 4.79 Å². The summed E-state index contributed by atoms with van der Waals surface area (Å²) < 4.78 is 13.4. The zero-order valence-electron chi connectivity index (χ0n) is 9.77. The Labute approximate surface area is 104 Å². The van der Waals surface area contributed by atoms with Crippen molar-refractivity contribution in [2.75, 3.05) is 5.32 Å². The van der Waals surface area contributed by atoms with Crippen molar-refractivity contribution in [3.63, 3.8) is 0 Å². The molecule has 0 aliphatic carbocycles. The molecule has 3 nitrogen and oxygen atoms in total. The first kappa shape index (κ1) is 12.1. The number of carbonyl (C=O) groups is 1. The van der Waals surface area contributed by atoms with E-state index in [1.54, 1.807) is 12.1 Å². The topological polar surface area (TPSA) is 49.3 Å². The molecule has 0 atom stereocenters. The number of halogens is 1. The molecule has 0 bridgehead atoms. The van der Waals surface area contributed by atoms with Gasteiger partial charge >= 0.3 is 0 Å². The van der Waals surface area contributed by atoms with Gasteiger partial charge < -0.3 is 10.4 Å². The van der Waals surface area contributed by atoms with Gasteiger partial charge in [-0.1, -0.05) is 23.8 Å². The maximum Gasteiger partial charge on any atom is 0.262 e. The highest BCUT2D eigenvalue weighted by atomic mass is 19.1. The Morgan fingerprint density at radius 2 is 1.83 bits per heavy atom. The van der Waals surface area contributed by atoms with E-state index in [1.807, 2.05) is 19.1 Å². The molecule has 2 aromatic rings. The third kappa shape index (κ3) is 2.48. The number of anilines is 1. The van der Waals surface area contributed by atoms with Crippen LogP contribution in [0.15, 0.2) is 42.5 Å². The SMILES string of the molecule is Cc1ccc(NC(=O)c2c(O)cccc2F)cc1. The minimum Gasteiger partial charge on any atom is -0.507 e. The summed E-state index contributed by atoms with van der Waals surface area (Å²) in [4.78, 5) is 11.8. The number of phenols is 1. The number of hydrogen-bond donors (Lipinski definition) is 2. The standard InChI is InChI=1S/C14H12FNO2/c1-9-5-7-10(8-6-9)16-14(18)13-11(15)3-2-4-12(13)17/h2-8,17H,1H3,(H,16,18). The molecule has 2 rings (SSSR count). The number of amides is 1. The minimum atomic E-state index is -0.750. The molecule has 4 heteroatoms. The van der Waals surface area contributed by atoms with E-state index in [2.05, 4.69) is 5.32 Å². The Morgan fingerprint density at radius 1 is 1.17 bits per heavy atom. The summed E-state index contributed by atoms with van der Waals surface area (Å²) in [7, 11) is 0. The summed E-state index contributed by atoms with van der Waals surface area (Å²) in [6.45, 7) is 1.92. The Kier molecular flexibility index (Phi) is 3.28. The summed E-state index contributed by atoms with van der Waals surface area (Å²) >= 11 is 0. The molecule has 0 unspecified atom stereocenters. The second-order valence-electron chi connectivity index (χ2n) is 3.95. The molecular formula is C14H12FNO2. The fourth-order valence-electron chi connectivity index (χ4n) is 1.57. The van der Waals surface area contributed by atoms with Gasteiger partial charge in [0.2, 0.25) is 0 Å². The van der Waals surface area contributed by atoms with E-state index in [0.717, 1.165) is 11.6 Å². The predicted molar refractivity (Wildman–Crippen MR) is 67.2 cm³/mol. The van der Waals surface area contributed by atoms with Gasteiger partial charge in [0.05, 0.1) is 0 Å². The lowest BCUT2D eigenvalue weighted by Crippen LogP contribution is -2.13. The van der Waals surface area contributed by atoms with Crippen LogP contribution in [-0.2, 0) is 0 Å². The quantitative estimate of drug-likeness (QED) is 0.854. The number of aryl methyl sites for hydroxylation is 1. The molecule has 2 aromatic carbocycles. The van der Waals surface area contributed by atoms with Crippen LogP contribution >= 0.6 is 0 Å². The van der Waals surface area contributed by atoms with Crippen molar-refractivity contribution in [1.82, 2.24) is 0 Å². The molecule has 0 saturated heterocycles. The van der Waals surface area contributed by atoms with E-state index in [1.165, 1.54) is 12.1 Å². The first-order chi connectivity index (χ1) is 8.58. The number of hydrogen-bond acceptors (Lipinski definition) is 2. The van der Waals surface area contributed by atoms with Gasteiger partial charge in [-0.25, -0.2) is 4.39 Å².